The molecule has 4 aromatic rings. The van der Waals surface area contributed by atoms with Gasteiger partial charge in [0, 0.05) is 16.7 Å². The van der Waals surface area contributed by atoms with Gasteiger partial charge in [0.1, 0.15) is 23.1 Å². The first-order chi connectivity index (χ1) is 16.1. The Bertz CT molecular complexity index is 1290. The van der Waals surface area contributed by atoms with Gasteiger partial charge in [0.05, 0.1) is 6.61 Å². The van der Waals surface area contributed by atoms with Crippen LogP contribution < -0.4 is 10.1 Å². The van der Waals surface area contributed by atoms with Gasteiger partial charge in [0.15, 0.2) is 0 Å². The van der Waals surface area contributed by atoms with Gasteiger partial charge in [-0.25, -0.2) is 0 Å². The van der Waals surface area contributed by atoms with Gasteiger partial charge in [-0.3, -0.25) is 10.1 Å². The van der Waals surface area contributed by atoms with E-state index in [0.717, 1.165) is 11.1 Å². The van der Waals surface area contributed by atoms with Crippen molar-refractivity contribution >= 4 is 11.8 Å². The van der Waals surface area contributed by atoms with Gasteiger partial charge in [-0.15, -0.1) is 0 Å². The predicted molar refractivity (Wildman–Crippen MR) is 129 cm³/mol. The van der Waals surface area contributed by atoms with Crippen LogP contribution in [0.15, 0.2) is 89.3 Å². The summed E-state index contributed by atoms with van der Waals surface area (Å²) >= 11 is 0. The van der Waals surface area contributed by atoms with Crippen molar-refractivity contribution in [3.8, 4) is 34.3 Å². The summed E-state index contributed by atoms with van der Waals surface area (Å²) in [5, 5.41) is 12.8. The largest absolute Gasteiger partial charge is 0.493 e. The molecule has 5 nitrogen and oxygen atoms in total. The fourth-order valence-corrected chi connectivity index (χ4v) is 3.46. The van der Waals surface area contributed by atoms with E-state index in [-0.39, 0.29) is 17.4 Å². The van der Waals surface area contributed by atoms with E-state index in [2.05, 4.69) is 25.2 Å². The lowest BCUT2D eigenvalue weighted by molar-refractivity contribution is 0.102. The van der Waals surface area contributed by atoms with E-state index in [9.17, 15) is 10.1 Å². The van der Waals surface area contributed by atoms with Crippen LogP contribution in [0.25, 0.3) is 22.5 Å². The highest BCUT2D eigenvalue weighted by atomic mass is 16.5. The summed E-state index contributed by atoms with van der Waals surface area (Å²) in [4.78, 5) is 13.0. The Balaban J connectivity index is 1.72. The Morgan fingerprint density at radius 1 is 0.970 bits per heavy atom. The fraction of sp³-hybridized carbons (Fsp3) is 0.143. The Kier molecular flexibility index (Phi) is 6.56. The van der Waals surface area contributed by atoms with Crippen LogP contribution in [-0.4, -0.2) is 12.5 Å². The summed E-state index contributed by atoms with van der Waals surface area (Å²) < 4.78 is 11.8. The van der Waals surface area contributed by atoms with Gasteiger partial charge in [-0.1, -0.05) is 80.6 Å². The van der Waals surface area contributed by atoms with Crippen LogP contribution in [-0.2, 0) is 0 Å². The van der Waals surface area contributed by atoms with E-state index in [0.29, 0.717) is 35.2 Å². The fourth-order valence-electron chi connectivity index (χ4n) is 3.46. The van der Waals surface area contributed by atoms with Crippen molar-refractivity contribution in [3.63, 3.8) is 0 Å². The predicted octanol–water partition coefficient (Wildman–Crippen LogP) is 6.77. The van der Waals surface area contributed by atoms with Crippen LogP contribution >= 0.6 is 0 Å². The molecular weight excluding hydrogens is 412 g/mol. The molecule has 5 heteroatoms. The van der Waals surface area contributed by atoms with Gasteiger partial charge in [0.2, 0.25) is 5.88 Å². The zero-order valence-electron chi connectivity index (χ0n) is 18.5. The number of rotatable bonds is 7. The molecule has 0 aliphatic rings. The lowest BCUT2D eigenvalue weighted by Gasteiger charge is -2.10. The molecule has 33 heavy (non-hydrogen) atoms. The Morgan fingerprint density at radius 3 is 2.27 bits per heavy atom. The average molecular weight is 437 g/mol. The van der Waals surface area contributed by atoms with Gasteiger partial charge in [0.25, 0.3) is 5.91 Å². The summed E-state index contributed by atoms with van der Waals surface area (Å²) in [6, 6.07) is 28.3. The Hall–Kier alpha value is -4.30. The van der Waals surface area contributed by atoms with Gasteiger partial charge in [-0.2, -0.15) is 5.26 Å². The van der Waals surface area contributed by atoms with Crippen molar-refractivity contribution in [2.75, 3.05) is 11.9 Å². The maximum Gasteiger partial charge on any atom is 0.258 e. The third-order valence-corrected chi connectivity index (χ3v) is 5.03. The van der Waals surface area contributed by atoms with Gasteiger partial charge >= 0.3 is 0 Å². The molecule has 0 radical (unpaired) electrons. The number of furan rings is 1. The second-order valence-electron chi connectivity index (χ2n) is 8.04. The van der Waals surface area contributed by atoms with E-state index < -0.39 is 0 Å². The number of hydrogen-bond acceptors (Lipinski definition) is 4. The van der Waals surface area contributed by atoms with Gasteiger partial charge < -0.3 is 9.15 Å². The number of nitrogens with zero attached hydrogens (tertiary/aromatic N) is 1. The van der Waals surface area contributed by atoms with Crippen LogP contribution in [0.3, 0.4) is 0 Å². The van der Waals surface area contributed by atoms with E-state index >= 15 is 0 Å². The first-order valence-corrected chi connectivity index (χ1v) is 10.8. The molecule has 0 unspecified atom stereocenters. The summed E-state index contributed by atoms with van der Waals surface area (Å²) in [5.41, 5.74) is 2.99. The van der Waals surface area contributed by atoms with E-state index in [1.54, 1.807) is 18.2 Å². The van der Waals surface area contributed by atoms with Crippen molar-refractivity contribution in [2.45, 2.75) is 13.8 Å². The van der Waals surface area contributed by atoms with E-state index in [1.807, 2.05) is 66.7 Å². The highest BCUT2D eigenvalue weighted by Crippen LogP contribution is 2.41. The minimum Gasteiger partial charge on any atom is -0.493 e. The van der Waals surface area contributed by atoms with Crippen LogP contribution in [0.5, 0.6) is 5.75 Å². The highest BCUT2D eigenvalue weighted by Gasteiger charge is 2.24. The summed E-state index contributed by atoms with van der Waals surface area (Å²) in [6.07, 6.45) is 0. The second-order valence-corrected chi connectivity index (χ2v) is 8.04. The SMILES string of the molecule is CC(C)COc1cccc(C(=O)Nc2oc(-c3ccccc3)c(-c3ccccc3)c2C#N)c1. The molecular formula is C28H24N2O3. The second kappa shape index (κ2) is 9.88. The molecule has 0 saturated carbocycles. The number of nitriles is 1. The number of benzene rings is 3. The molecule has 0 bridgehead atoms. The summed E-state index contributed by atoms with van der Waals surface area (Å²) in [7, 11) is 0. The molecule has 1 N–H and O–H groups in total. The number of ether oxygens (including phenoxy) is 1. The normalized spacial score (nSPS) is 10.6. The molecule has 0 fully saturated rings. The molecule has 4 rings (SSSR count). The van der Waals surface area contributed by atoms with Crippen molar-refractivity contribution < 1.29 is 13.9 Å². The molecule has 3 aromatic carbocycles. The lowest BCUT2D eigenvalue weighted by Crippen LogP contribution is -2.12. The molecule has 0 aliphatic carbocycles. The zero-order valence-corrected chi connectivity index (χ0v) is 18.5. The number of anilines is 1. The smallest absolute Gasteiger partial charge is 0.258 e. The third-order valence-electron chi connectivity index (χ3n) is 5.03. The molecule has 1 aromatic heterocycles. The Morgan fingerprint density at radius 2 is 1.64 bits per heavy atom. The van der Waals surface area contributed by atoms with Crippen molar-refractivity contribution in [1.29, 1.82) is 5.26 Å². The van der Waals surface area contributed by atoms with Crippen LogP contribution in [0, 0.1) is 17.2 Å². The zero-order chi connectivity index (χ0) is 23.2. The lowest BCUT2D eigenvalue weighted by atomic mass is 9.98. The van der Waals surface area contributed by atoms with E-state index in [4.69, 9.17) is 9.15 Å². The minimum atomic E-state index is -0.380. The first kappa shape index (κ1) is 21.9. The molecule has 0 atom stereocenters. The van der Waals surface area contributed by atoms with Gasteiger partial charge in [-0.05, 0) is 29.7 Å². The number of hydrogen-bond donors (Lipinski definition) is 1. The van der Waals surface area contributed by atoms with Crippen molar-refractivity contribution in [2.24, 2.45) is 5.92 Å². The third kappa shape index (κ3) is 4.97. The summed E-state index contributed by atoms with van der Waals surface area (Å²) in [5.74, 6) is 1.26. The average Bonchev–Trinajstić information content (AvgIpc) is 3.22. The minimum absolute atomic E-state index is 0.119. The number of nitrogens with one attached hydrogen (secondary N) is 1. The maximum atomic E-state index is 13.0. The molecule has 1 heterocycles. The molecule has 1 amide bonds. The molecule has 0 saturated heterocycles. The van der Waals surface area contributed by atoms with Crippen LogP contribution in [0.1, 0.15) is 29.8 Å². The van der Waals surface area contributed by atoms with Crippen molar-refractivity contribution in [3.05, 3.63) is 96.1 Å². The maximum absolute atomic E-state index is 13.0. The van der Waals surface area contributed by atoms with Crippen LogP contribution in [0.2, 0.25) is 0 Å². The van der Waals surface area contributed by atoms with Crippen LogP contribution in [0.4, 0.5) is 5.88 Å². The topological polar surface area (TPSA) is 75.3 Å². The van der Waals surface area contributed by atoms with E-state index in [1.165, 1.54) is 0 Å². The monoisotopic (exact) mass is 436 g/mol. The quantitative estimate of drug-likeness (QED) is 0.347. The number of carbonyl (C=O) groups is 1. The number of amides is 1. The Labute approximate surface area is 193 Å². The highest BCUT2D eigenvalue weighted by molar-refractivity contribution is 6.05. The van der Waals surface area contributed by atoms with Crippen molar-refractivity contribution in [1.82, 2.24) is 0 Å². The first-order valence-electron chi connectivity index (χ1n) is 10.8. The standard InChI is InChI=1S/C28H24N2O3/c1-19(2)18-32-23-15-9-14-22(16-23)27(31)30-28-24(17-29)25(20-10-5-3-6-11-20)26(33-28)21-12-7-4-8-13-21/h3-16,19H,18H2,1-2H3,(H,30,31). The number of carbonyl (C=O) groups excluding carboxylic acids is 1. The summed E-state index contributed by atoms with van der Waals surface area (Å²) in [6.45, 7) is 4.68. The molecule has 0 spiro atoms. The molecule has 0 aliphatic heterocycles. The molecule has 164 valence electrons.